The van der Waals surface area contributed by atoms with Crippen molar-refractivity contribution >= 4 is 23.1 Å². The van der Waals surface area contributed by atoms with E-state index in [4.69, 9.17) is 4.43 Å². The van der Waals surface area contributed by atoms with E-state index in [1.807, 2.05) is 0 Å². The quantitative estimate of drug-likeness (QED) is 0.502. The first-order valence-electron chi connectivity index (χ1n) is 3.77. The highest BCUT2D eigenvalue weighted by Crippen LogP contribution is 2.22. The maximum absolute atomic E-state index is 5.41. The molecule has 1 unspecified atom stereocenters. The van der Waals surface area contributed by atoms with Gasteiger partial charge in [-0.1, -0.05) is 13.3 Å². The summed E-state index contributed by atoms with van der Waals surface area (Å²) >= 11 is 4.47. The third-order valence-electron chi connectivity index (χ3n) is 1.89. The first-order valence-corrected chi connectivity index (χ1v) is 5.11. The molecule has 0 rings (SSSR count). The van der Waals surface area contributed by atoms with Crippen LogP contribution in [0.5, 0.6) is 0 Å². The zero-order valence-electron chi connectivity index (χ0n) is 7.35. The summed E-state index contributed by atoms with van der Waals surface area (Å²) in [6.45, 7) is 6.38. The van der Waals surface area contributed by atoms with Crippen molar-refractivity contribution in [1.82, 2.24) is 0 Å². The Morgan fingerprint density at radius 2 is 2.10 bits per heavy atom. The van der Waals surface area contributed by atoms with E-state index < -0.39 is 0 Å². The summed E-state index contributed by atoms with van der Waals surface area (Å²) in [6.07, 6.45) is 2.32. The molecule has 0 bridgehead atoms. The van der Waals surface area contributed by atoms with E-state index in [1.54, 1.807) is 0 Å². The smallest absolute Gasteiger partial charge is 0.146 e. The van der Waals surface area contributed by atoms with Gasteiger partial charge in [0, 0.05) is 5.25 Å². The molecule has 0 N–H and O–H groups in total. The monoisotopic (exact) mass is 178 g/mol. The van der Waals surface area contributed by atoms with Crippen LogP contribution in [0.4, 0.5) is 0 Å². The second-order valence-corrected chi connectivity index (χ2v) is 4.14. The molecule has 0 spiro atoms. The van der Waals surface area contributed by atoms with Gasteiger partial charge in [-0.3, -0.25) is 0 Å². The van der Waals surface area contributed by atoms with E-state index in [0.29, 0.717) is 5.25 Å². The lowest BCUT2D eigenvalue weighted by molar-refractivity contribution is 0.117. The zero-order chi connectivity index (χ0) is 8.20. The van der Waals surface area contributed by atoms with Gasteiger partial charge in [0.2, 0.25) is 0 Å². The van der Waals surface area contributed by atoms with Crippen LogP contribution in [0.15, 0.2) is 0 Å². The Labute approximate surface area is 72.5 Å². The molecule has 0 saturated carbocycles. The van der Waals surface area contributed by atoms with Crippen LogP contribution in [0.1, 0.15) is 33.6 Å². The summed E-state index contributed by atoms with van der Waals surface area (Å²) in [5.74, 6) is 0. The van der Waals surface area contributed by atoms with Gasteiger partial charge in [-0.2, -0.15) is 12.6 Å². The number of hydrogen-bond acceptors (Lipinski definition) is 2. The molecule has 0 fully saturated rings. The van der Waals surface area contributed by atoms with Crippen LogP contribution in [-0.2, 0) is 4.43 Å². The topological polar surface area (TPSA) is 9.23 Å². The number of thiol groups is 1. The second-order valence-electron chi connectivity index (χ2n) is 3.11. The summed E-state index contributed by atoms with van der Waals surface area (Å²) in [6, 6.07) is 0. The Kier molecular flexibility index (Phi) is 4.65. The fourth-order valence-corrected chi connectivity index (χ4v) is 1.60. The van der Waals surface area contributed by atoms with E-state index in [9.17, 15) is 0 Å². The van der Waals surface area contributed by atoms with Gasteiger partial charge in [-0.05, 0) is 20.3 Å². The van der Waals surface area contributed by atoms with Gasteiger partial charge in [0.25, 0.3) is 0 Å². The lowest BCUT2D eigenvalue weighted by Crippen LogP contribution is -2.34. The molecule has 0 amide bonds. The predicted octanol–water partition coefficient (Wildman–Crippen LogP) is 1.16. The highest BCUT2D eigenvalue weighted by Gasteiger charge is 2.24. The van der Waals surface area contributed by atoms with Crippen molar-refractivity contribution < 1.29 is 4.43 Å². The van der Waals surface area contributed by atoms with Crippen LogP contribution < -0.4 is 0 Å². The Balaban J connectivity index is 3.78. The van der Waals surface area contributed by atoms with E-state index >= 15 is 0 Å². The molecule has 0 aromatic carbocycles. The molecular weight excluding hydrogens is 160 g/mol. The standard InChI is InChI=1S/C7H18OSSi/c1-4-5-6(9)7(2,3)8-10/h6,9H,4-5H2,1-3,10H3. The van der Waals surface area contributed by atoms with Crippen molar-refractivity contribution in [2.24, 2.45) is 0 Å². The Bertz CT molecular complexity index is 95.6. The summed E-state index contributed by atoms with van der Waals surface area (Å²) in [7, 11) is 0.803. The summed E-state index contributed by atoms with van der Waals surface area (Å²) in [4.78, 5) is 0. The number of hydrogen-bond donors (Lipinski definition) is 1. The zero-order valence-corrected chi connectivity index (χ0v) is 10.2. The third-order valence-corrected chi connectivity index (χ3v) is 3.82. The molecule has 0 aromatic heterocycles. The van der Waals surface area contributed by atoms with Gasteiger partial charge in [0.1, 0.15) is 10.5 Å². The Morgan fingerprint density at radius 3 is 2.40 bits per heavy atom. The predicted molar refractivity (Wildman–Crippen MR) is 52.8 cm³/mol. The maximum atomic E-state index is 5.41. The van der Waals surface area contributed by atoms with Crippen LogP contribution in [0.3, 0.4) is 0 Å². The average Bonchev–Trinajstić information content (AvgIpc) is 1.89. The average molecular weight is 178 g/mol. The van der Waals surface area contributed by atoms with E-state index in [-0.39, 0.29) is 5.60 Å². The molecule has 0 saturated heterocycles. The number of rotatable bonds is 4. The normalized spacial score (nSPS) is 15.6. The van der Waals surface area contributed by atoms with E-state index in [1.165, 1.54) is 6.42 Å². The molecule has 0 heterocycles. The molecule has 10 heavy (non-hydrogen) atoms. The van der Waals surface area contributed by atoms with E-state index in [2.05, 4.69) is 33.4 Å². The first kappa shape index (κ1) is 10.5. The molecule has 0 aromatic rings. The Morgan fingerprint density at radius 1 is 1.60 bits per heavy atom. The lowest BCUT2D eigenvalue weighted by Gasteiger charge is -2.30. The van der Waals surface area contributed by atoms with Crippen molar-refractivity contribution in [2.45, 2.75) is 44.5 Å². The molecule has 3 heteroatoms. The van der Waals surface area contributed by atoms with Crippen molar-refractivity contribution in [1.29, 1.82) is 0 Å². The van der Waals surface area contributed by atoms with Crippen molar-refractivity contribution in [3.05, 3.63) is 0 Å². The highest BCUT2D eigenvalue weighted by molar-refractivity contribution is 7.81. The van der Waals surface area contributed by atoms with Crippen molar-refractivity contribution in [2.75, 3.05) is 0 Å². The first-order chi connectivity index (χ1) is 4.54. The van der Waals surface area contributed by atoms with Crippen molar-refractivity contribution in [3.8, 4) is 0 Å². The van der Waals surface area contributed by atoms with Gasteiger partial charge in [0.15, 0.2) is 0 Å². The summed E-state index contributed by atoms with van der Waals surface area (Å²) in [5, 5.41) is 0.384. The second kappa shape index (κ2) is 4.41. The molecule has 0 aliphatic rings. The highest BCUT2D eigenvalue weighted by atomic mass is 32.1. The van der Waals surface area contributed by atoms with Crippen molar-refractivity contribution in [3.63, 3.8) is 0 Å². The summed E-state index contributed by atoms with van der Waals surface area (Å²) in [5.41, 5.74) is -0.0225. The van der Waals surface area contributed by atoms with Gasteiger partial charge in [-0.15, -0.1) is 0 Å². The fourth-order valence-electron chi connectivity index (χ4n) is 0.757. The molecule has 0 aliphatic carbocycles. The molecule has 1 atom stereocenters. The van der Waals surface area contributed by atoms with Crippen LogP contribution in [0, 0.1) is 0 Å². The van der Waals surface area contributed by atoms with Crippen LogP contribution in [-0.4, -0.2) is 21.3 Å². The minimum absolute atomic E-state index is 0.0225. The Hall–Kier alpha value is 0.527. The SMILES string of the molecule is CCCC(S)C(C)(C)O[SiH3]. The molecule has 62 valence electrons. The fraction of sp³-hybridized carbons (Fsp3) is 1.00. The molecular formula is C7H18OSSi. The molecule has 0 radical (unpaired) electrons. The molecule has 1 nitrogen and oxygen atoms in total. The maximum Gasteiger partial charge on any atom is 0.146 e. The van der Waals surface area contributed by atoms with Gasteiger partial charge < -0.3 is 4.43 Å². The van der Waals surface area contributed by atoms with Crippen LogP contribution in [0.25, 0.3) is 0 Å². The van der Waals surface area contributed by atoms with Gasteiger partial charge in [0.05, 0.1) is 5.60 Å². The third kappa shape index (κ3) is 3.08. The summed E-state index contributed by atoms with van der Waals surface area (Å²) < 4.78 is 5.41. The van der Waals surface area contributed by atoms with Gasteiger partial charge >= 0.3 is 0 Å². The van der Waals surface area contributed by atoms with E-state index in [0.717, 1.165) is 16.9 Å². The minimum atomic E-state index is -0.0225. The largest absolute Gasteiger partial charge is 0.422 e. The van der Waals surface area contributed by atoms with Crippen LogP contribution in [0.2, 0.25) is 0 Å². The van der Waals surface area contributed by atoms with Crippen LogP contribution >= 0.6 is 12.6 Å². The minimum Gasteiger partial charge on any atom is -0.422 e. The molecule has 0 aliphatic heterocycles. The lowest BCUT2D eigenvalue weighted by atomic mass is 10.0. The van der Waals surface area contributed by atoms with Gasteiger partial charge in [-0.25, -0.2) is 0 Å².